The number of halogens is 2. The van der Waals surface area contributed by atoms with E-state index in [4.69, 9.17) is 23.2 Å². The van der Waals surface area contributed by atoms with E-state index in [1.54, 1.807) is 25.1 Å². The highest BCUT2D eigenvalue weighted by Crippen LogP contribution is 2.33. The number of benzene rings is 2. The van der Waals surface area contributed by atoms with Crippen LogP contribution in [0.2, 0.25) is 10.0 Å². The van der Waals surface area contributed by atoms with Crippen LogP contribution >= 0.6 is 23.2 Å². The highest BCUT2D eigenvalue weighted by Gasteiger charge is 2.52. The number of amides is 2. The third-order valence-electron chi connectivity index (χ3n) is 6.46. The molecule has 0 spiro atoms. The van der Waals surface area contributed by atoms with Crippen LogP contribution in [0.3, 0.4) is 0 Å². The average molecular weight is 473 g/mol. The van der Waals surface area contributed by atoms with E-state index in [9.17, 15) is 14.4 Å². The Labute approximate surface area is 197 Å². The van der Waals surface area contributed by atoms with E-state index in [1.165, 1.54) is 37.7 Å². The maximum atomic E-state index is 13.1. The van der Waals surface area contributed by atoms with Crippen molar-refractivity contribution in [2.45, 2.75) is 56.9 Å². The van der Waals surface area contributed by atoms with Gasteiger partial charge in [-0.15, -0.1) is 0 Å². The van der Waals surface area contributed by atoms with Crippen LogP contribution in [0.15, 0.2) is 42.5 Å². The number of anilines is 1. The lowest BCUT2D eigenvalue weighted by molar-refractivity contribution is -0.135. The molecule has 2 N–H and O–H groups in total. The molecule has 168 valence electrons. The summed E-state index contributed by atoms with van der Waals surface area (Å²) in [6, 6.07) is 12.7. The minimum atomic E-state index is -1.40. The molecule has 1 saturated carbocycles. The van der Waals surface area contributed by atoms with E-state index >= 15 is 0 Å². The van der Waals surface area contributed by atoms with Crippen molar-refractivity contribution >= 4 is 46.5 Å². The topological polar surface area (TPSA) is 75.3 Å². The first-order chi connectivity index (χ1) is 15.2. The van der Waals surface area contributed by atoms with Gasteiger partial charge in [-0.3, -0.25) is 14.4 Å². The number of carbonyl (C=O) groups is 3. The van der Waals surface area contributed by atoms with Crippen molar-refractivity contribution in [3.05, 3.63) is 63.6 Å². The molecule has 2 unspecified atom stereocenters. The van der Waals surface area contributed by atoms with Crippen LogP contribution in [0.1, 0.15) is 56.1 Å². The van der Waals surface area contributed by atoms with Gasteiger partial charge in [0.05, 0.1) is 0 Å². The van der Waals surface area contributed by atoms with Crippen molar-refractivity contribution in [1.82, 2.24) is 5.32 Å². The number of nitrogens with one attached hydrogen (secondary N) is 2. The molecule has 5 nitrogen and oxygen atoms in total. The second kappa shape index (κ2) is 9.24. The predicted octanol–water partition coefficient (Wildman–Crippen LogP) is 5.30. The lowest BCUT2D eigenvalue weighted by Gasteiger charge is -2.23. The van der Waals surface area contributed by atoms with Gasteiger partial charge in [0.2, 0.25) is 11.8 Å². The van der Waals surface area contributed by atoms with Crippen LogP contribution < -0.4 is 10.6 Å². The molecule has 4 rings (SSSR count). The number of ketones is 1. The van der Waals surface area contributed by atoms with E-state index in [0.29, 0.717) is 27.2 Å². The molecule has 2 aromatic carbocycles. The maximum absolute atomic E-state index is 13.1. The van der Waals surface area contributed by atoms with Gasteiger partial charge in [0.1, 0.15) is 5.54 Å². The quantitative estimate of drug-likeness (QED) is 0.579. The molecule has 0 bridgehead atoms. The lowest BCUT2D eigenvalue weighted by atomic mass is 9.84. The molecule has 1 saturated heterocycles. The van der Waals surface area contributed by atoms with E-state index in [0.717, 1.165) is 0 Å². The molecule has 2 amide bonds. The van der Waals surface area contributed by atoms with E-state index in [-0.39, 0.29) is 6.42 Å². The Morgan fingerprint density at radius 1 is 1.03 bits per heavy atom. The molecular formula is C25H26Cl2N2O3. The second-order valence-corrected chi connectivity index (χ2v) is 9.89. The monoisotopic (exact) mass is 472 g/mol. The summed E-state index contributed by atoms with van der Waals surface area (Å²) in [6.07, 6.45) is 6.38. The minimum absolute atomic E-state index is 0.192. The molecule has 1 aliphatic heterocycles. The zero-order valence-corrected chi connectivity index (χ0v) is 19.4. The van der Waals surface area contributed by atoms with E-state index in [2.05, 4.69) is 10.6 Å². The summed E-state index contributed by atoms with van der Waals surface area (Å²) in [7, 11) is 0. The zero-order valence-electron chi connectivity index (χ0n) is 17.9. The molecule has 2 aromatic rings. The Bertz CT molecular complexity index is 1030. The fourth-order valence-corrected chi connectivity index (χ4v) is 5.39. The Morgan fingerprint density at radius 3 is 2.28 bits per heavy atom. The Hall–Kier alpha value is -2.37. The lowest BCUT2D eigenvalue weighted by Crippen LogP contribution is -2.45. The first-order valence-electron chi connectivity index (χ1n) is 11.0. The number of Topliss-reactive ketones (excluding diaryl/α,β-unsaturated/α-hetero) is 1. The van der Waals surface area contributed by atoms with Gasteiger partial charge in [-0.25, -0.2) is 0 Å². The highest BCUT2D eigenvalue weighted by atomic mass is 35.5. The van der Waals surface area contributed by atoms with Crippen LogP contribution in [0.5, 0.6) is 0 Å². The van der Waals surface area contributed by atoms with Crippen molar-refractivity contribution in [2.24, 2.45) is 5.92 Å². The summed E-state index contributed by atoms with van der Waals surface area (Å²) in [5.74, 6) is -2.51. The van der Waals surface area contributed by atoms with Crippen LogP contribution in [0.25, 0.3) is 0 Å². The average Bonchev–Trinajstić information content (AvgIpc) is 2.96. The van der Waals surface area contributed by atoms with E-state index < -0.39 is 29.1 Å². The van der Waals surface area contributed by atoms with Crippen LogP contribution in [0.4, 0.5) is 5.69 Å². The van der Waals surface area contributed by atoms with Crippen LogP contribution in [-0.2, 0) is 20.8 Å². The van der Waals surface area contributed by atoms with Crippen molar-refractivity contribution < 1.29 is 14.4 Å². The van der Waals surface area contributed by atoms with Crippen molar-refractivity contribution in [2.75, 3.05) is 5.32 Å². The molecule has 2 fully saturated rings. The van der Waals surface area contributed by atoms with E-state index in [1.807, 2.05) is 24.3 Å². The first-order valence-corrected chi connectivity index (χ1v) is 11.7. The van der Waals surface area contributed by atoms with Crippen molar-refractivity contribution in [1.29, 1.82) is 0 Å². The predicted molar refractivity (Wildman–Crippen MR) is 126 cm³/mol. The number of rotatable bonds is 5. The number of hydrogen-bond acceptors (Lipinski definition) is 3. The van der Waals surface area contributed by atoms with Gasteiger partial charge < -0.3 is 10.6 Å². The van der Waals surface area contributed by atoms with Gasteiger partial charge in [0, 0.05) is 22.2 Å². The van der Waals surface area contributed by atoms with Gasteiger partial charge in [-0.05, 0) is 67.1 Å². The largest absolute Gasteiger partial charge is 0.342 e. The summed E-state index contributed by atoms with van der Waals surface area (Å²) in [5.41, 5.74) is 1.34. The number of carbonyl (C=O) groups excluding carboxylic acids is 3. The fraction of sp³-hybridized carbons (Fsp3) is 0.400. The molecule has 32 heavy (non-hydrogen) atoms. The normalized spacial score (nSPS) is 23.8. The number of hydrogen-bond donors (Lipinski definition) is 2. The Balaban J connectivity index is 1.44. The summed E-state index contributed by atoms with van der Waals surface area (Å²) >= 11 is 12.1. The van der Waals surface area contributed by atoms with Gasteiger partial charge in [0.25, 0.3) is 0 Å². The first kappa shape index (κ1) is 22.8. The Kier molecular flexibility index (Phi) is 6.59. The third kappa shape index (κ3) is 4.84. The highest BCUT2D eigenvalue weighted by molar-refractivity contribution is 6.34. The van der Waals surface area contributed by atoms with Crippen molar-refractivity contribution in [3.8, 4) is 0 Å². The molecule has 2 atom stereocenters. The van der Waals surface area contributed by atoms with Gasteiger partial charge >= 0.3 is 0 Å². The van der Waals surface area contributed by atoms with Gasteiger partial charge in [-0.2, -0.15) is 0 Å². The Morgan fingerprint density at radius 2 is 1.66 bits per heavy atom. The molecule has 1 aliphatic carbocycles. The minimum Gasteiger partial charge on any atom is -0.342 e. The molecule has 1 heterocycles. The summed E-state index contributed by atoms with van der Waals surface area (Å²) < 4.78 is 0. The fourth-order valence-electron chi connectivity index (χ4n) is 4.82. The smallest absolute Gasteiger partial charge is 0.244 e. The second-order valence-electron chi connectivity index (χ2n) is 9.02. The SMILES string of the molecule is CC1(Cc2cc(Cl)cc(Cl)c2)NC(=O)C(C(=O)Nc2ccc(C3CCCCC3)cc2)C1=O. The molecular weight excluding hydrogens is 447 g/mol. The van der Waals surface area contributed by atoms with Gasteiger partial charge in [-0.1, -0.05) is 54.6 Å². The molecule has 7 heteroatoms. The third-order valence-corrected chi connectivity index (χ3v) is 6.90. The summed E-state index contributed by atoms with van der Waals surface area (Å²) in [6.45, 7) is 1.62. The van der Waals surface area contributed by atoms with Gasteiger partial charge in [0.15, 0.2) is 11.7 Å². The molecule has 2 aliphatic rings. The zero-order chi connectivity index (χ0) is 22.9. The molecule has 0 aromatic heterocycles. The standard InChI is InChI=1S/C25H26Cl2N2O3/c1-25(14-15-11-18(26)13-19(27)12-15)22(30)21(24(32)29-25)23(31)28-20-9-7-17(8-10-20)16-5-3-2-4-6-16/h7-13,16,21H,2-6,14H2,1H3,(H,28,31)(H,29,32). The maximum Gasteiger partial charge on any atom is 0.244 e. The molecule has 0 radical (unpaired) electrons. The van der Waals surface area contributed by atoms with Crippen molar-refractivity contribution in [3.63, 3.8) is 0 Å². The van der Waals surface area contributed by atoms with Crippen LogP contribution in [0, 0.1) is 5.92 Å². The summed E-state index contributed by atoms with van der Waals surface area (Å²) in [5, 5.41) is 6.32. The summed E-state index contributed by atoms with van der Waals surface area (Å²) in [4.78, 5) is 38.5. The van der Waals surface area contributed by atoms with Crippen LogP contribution in [-0.4, -0.2) is 23.1 Å².